The summed E-state index contributed by atoms with van der Waals surface area (Å²) in [7, 11) is 1.11. The summed E-state index contributed by atoms with van der Waals surface area (Å²) in [5.74, 6) is 0.500. The Balaban J connectivity index is 1.62. The van der Waals surface area contributed by atoms with E-state index in [4.69, 9.17) is 9.47 Å². The highest BCUT2D eigenvalue weighted by atomic mass is 32.2. The summed E-state index contributed by atoms with van der Waals surface area (Å²) in [6.07, 6.45) is 2.11. The summed E-state index contributed by atoms with van der Waals surface area (Å²) in [6.45, 7) is 1.83. The molecule has 1 heterocycles. The number of aryl methyl sites for hydroxylation is 1. The number of fused-ring (bicyclic) bond motifs is 1. The number of methoxy groups -OCH3 is 2. The third kappa shape index (κ3) is 4.70. The van der Waals surface area contributed by atoms with Gasteiger partial charge in [0.25, 0.3) is 10.0 Å². The van der Waals surface area contributed by atoms with Gasteiger partial charge in [-0.1, -0.05) is 23.2 Å². The first-order valence-electron chi connectivity index (χ1n) is 10.6. The number of anilines is 1. The fourth-order valence-corrected chi connectivity index (χ4v) is 4.89. The number of rotatable bonds is 7. The molecule has 1 aromatic heterocycles. The molecule has 0 amide bonds. The number of aromatic nitrogens is 1. The van der Waals surface area contributed by atoms with Crippen LogP contribution in [0.25, 0.3) is 10.9 Å². The van der Waals surface area contributed by atoms with Crippen LogP contribution in [0.3, 0.4) is 0 Å². The highest BCUT2D eigenvalue weighted by Gasteiger charge is 2.18. The quantitative estimate of drug-likeness (QED) is 0.413. The molecule has 0 aliphatic heterocycles. The molecule has 0 spiro atoms. The molecule has 34 heavy (non-hydrogen) atoms. The molecule has 0 saturated carbocycles. The average Bonchev–Trinajstić information content (AvgIpc) is 2.81. The molecule has 9 heteroatoms. The summed E-state index contributed by atoms with van der Waals surface area (Å²) in [5.41, 5.74) is 4.07. The van der Waals surface area contributed by atoms with Crippen LogP contribution in [0.15, 0.2) is 65.7 Å². The molecule has 4 rings (SSSR count). The Labute approximate surface area is 199 Å². The highest BCUT2D eigenvalue weighted by molar-refractivity contribution is 7.92. The van der Waals surface area contributed by atoms with Crippen LogP contribution >= 0.6 is 0 Å². The van der Waals surface area contributed by atoms with Gasteiger partial charge in [0.2, 0.25) is 0 Å². The minimum atomic E-state index is -3.91. The van der Waals surface area contributed by atoms with Crippen molar-refractivity contribution in [3.05, 3.63) is 83.3 Å². The van der Waals surface area contributed by atoms with Crippen LogP contribution in [-0.4, -0.2) is 35.5 Å². The first-order chi connectivity index (χ1) is 16.2. The van der Waals surface area contributed by atoms with Gasteiger partial charge >= 0.3 is 0 Å². The van der Waals surface area contributed by atoms with Crippen molar-refractivity contribution in [1.82, 2.24) is 4.98 Å². The zero-order valence-electron chi connectivity index (χ0n) is 19.3. The molecule has 0 unspecified atom stereocenters. The fourth-order valence-electron chi connectivity index (χ4n) is 3.74. The molecule has 0 aliphatic rings. The van der Waals surface area contributed by atoms with Gasteiger partial charge in [0.05, 0.1) is 30.3 Å². The number of sulfonamides is 1. The largest absolute Gasteiger partial charge is 0.493 e. The standard InChI is InChI=1S/C25H24BFN2O4S/c1-15-10-18(5-6-20(15)26)34(30,31)29-22-7-4-16(12-21(22)27)11-17-8-9-28-23-14-25(33-3)24(32-2)13-19(17)23/h4-10,12-14,29H,11,26H2,1-3H3. The molecule has 6 nitrogen and oxygen atoms in total. The first kappa shape index (κ1) is 23.6. The van der Waals surface area contributed by atoms with Gasteiger partial charge in [0, 0.05) is 17.6 Å². The summed E-state index contributed by atoms with van der Waals surface area (Å²) < 4.78 is 53.5. The number of ether oxygens (including phenoxy) is 2. The maximum absolute atomic E-state index is 14.9. The summed E-state index contributed by atoms with van der Waals surface area (Å²) in [4.78, 5) is 4.48. The van der Waals surface area contributed by atoms with Gasteiger partial charge < -0.3 is 9.47 Å². The Kier molecular flexibility index (Phi) is 6.48. The molecule has 3 aromatic carbocycles. The van der Waals surface area contributed by atoms with Crippen molar-refractivity contribution < 1.29 is 22.3 Å². The molecule has 1 N–H and O–H groups in total. The van der Waals surface area contributed by atoms with E-state index in [-0.39, 0.29) is 10.6 Å². The highest BCUT2D eigenvalue weighted by Crippen LogP contribution is 2.33. The van der Waals surface area contributed by atoms with Crippen LogP contribution in [-0.2, 0) is 16.4 Å². The molecular weight excluding hydrogens is 454 g/mol. The Hall–Kier alpha value is -3.59. The monoisotopic (exact) mass is 478 g/mol. The normalized spacial score (nSPS) is 11.4. The van der Waals surface area contributed by atoms with Crippen molar-refractivity contribution in [3.8, 4) is 11.5 Å². The van der Waals surface area contributed by atoms with Crippen LogP contribution in [0.4, 0.5) is 10.1 Å². The zero-order chi connectivity index (χ0) is 24.5. The lowest BCUT2D eigenvalue weighted by Gasteiger charge is -2.13. The summed E-state index contributed by atoms with van der Waals surface area (Å²) in [5, 5.41) is 0.861. The zero-order valence-corrected chi connectivity index (χ0v) is 20.2. The number of hydrogen-bond acceptors (Lipinski definition) is 5. The Morgan fingerprint density at radius 1 is 1.00 bits per heavy atom. The van der Waals surface area contributed by atoms with Gasteiger partial charge in [-0.2, -0.15) is 0 Å². The van der Waals surface area contributed by atoms with Crippen molar-refractivity contribution in [1.29, 1.82) is 0 Å². The van der Waals surface area contributed by atoms with Gasteiger partial charge in [0.15, 0.2) is 11.5 Å². The van der Waals surface area contributed by atoms with Crippen LogP contribution in [0.1, 0.15) is 16.7 Å². The molecule has 0 atom stereocenters. The smallest absolute Gasteiger partial charge is 0.261 e. The van der Waals surface area contributed by atoms with Crippen molar-refractivity contribution in [2.75, 3.05) is 18.9 Å². The third-order valence-corrected chi connectivity index (χ3v) is 7.16. The number of pyridine rings is 1. The fraction of sp³-hybridized carbons (Fsp3) is 0.160. The van der Waals surface area contributed by atoms with Crippen molar-refractivity contribution in [2.45, 2.75) is 18.2 Å². The Morgan fingerprint density at radius 2 is 1.74 bits per heavy atom. The molecule has 0 aliphatic carbocycles. The molecule has 0 saturated heterocycles. The first-order valence-corrected chi connectivity index (χ1v) is 12.1. The summed E-state index contributed by atoms with van der Waals surface area (Å²) >= 11 is 0. The number of nitrogens with one attached hydrogen (secondary N) is 1. The lowest BCUT2D eigenvalue weighted by Crippen LogP contribution is -2.16. The maximum atomic E-state index is 14.9. The van der Waals surface area contributed by atoms with Crippen molar-refractivity contribution >= 4 is 39.9 Å². The number of hydrogen-bond donors (Lipinski definition) is 1. The van der Waals surface area contributed by atoms with Gasteiger partial charge in [-0.25, -0.2) is 12.8 Å². The SMILES string of the molecule is Bc1ccc(S(=O)(=O)Nc2ccc(Cc3ccnc4cc(OC)c(OC)cc34)cc2F)cc1C. The maximum Gasteiger partial charge on any atom is 0.261 e. The van der Waals surface area contributed by atoms with E-state index in [0.29, 0.717) is 23.5 Å². The topological polar surface area (TPSA) is 77.5 Å². The van der Waals surface area contributed by atoms with E-state index in [1.165, 1.54) is 18.2 Å². The van der Waals surface area contributed by atoms with Gasteiger partial charge in [-0.05, 0) is 60.9 Å². The Bertz CT molecular complexity index is 1490. The average molecular weight is 478 g/mol. The summed E-state index contributed by atoms with van der Waals surface area (Å²) in [6, 6.07) is 14.8. The van der Waals surface area contributed by atoms with Gasteiger partial charge in [-0.3, -0.25) is 9.71 Å². The van der Waals surface area contributed by atoms with E-state index < -0.39 is 15.8 Å². The molecule has 0 radical (unpaired) electrons. The van der Waals surface area contributed by atoms with E-state index in [0.717, 1.165) is 27.5 Å². The second-order valence-electron chi connectivity index (χ2n) is 8.04. The third-order valence-electron chi connectivity index (χ3n) is 5.80. The molecule has 0 bridgehead atoms. The van der Waals surface area contributed by atoms with E-state index in [9.17, 15) is 12.8 Å². The van der Waals surface area contributed by atoms with Crippen molar-refractivity contribution in [3.63, 3.8) is 0 Å². The van der Waals surface area contributed by atoms with Gasteiger partial charge in [0.1, 0.15) is 13.7 Å². The van der Waals surface area contributed by atoms with Crippen LogP contribution in [0, 0.1) is 12.7 Å². The number of halogens is 1. The second kappa shape index (κ2) is 9.34. The number of nitrogens with zero attached hydrogens (tertiary/aromatic N) is 1. The predicted octanol–water partition coefficient (Wildman–Crippen LogP) is 3.35. The molecular formula is C25H24BFN2O4S. The number of benzene rings is 3. The minimum Gasteiger partial charge on any atom is -0.493 e. The second-order valence-corrected chi connectivity index (χ2v) is 9.72. The molecule has 4 aromatic rings. The van der Waals surface area contributed by atoms with Gasteiger partial charge in [-0.15, -0.1) is 0 Å². The van der Waals surface area contributed by atoms with Crippen LogP contribution in [0.5, 0.6) is 11.5 Å². The van der Waals surface area contributed by atoms with E-state index >= 15 is 0 Å². The minimum absolute atomic E-state index is 0.0895. The molecule has 174 valence electrons. The van der Waals surface area contributed by atoms with E-state index in [2.05, 4.69) is 9.71 Å². The van der Waals surface area contributed by atoms with Crippen LogP contribution in [0.2, 0.25) is 0 Å². The predicted molar refractivity (Wildman–Crippen MR) is 134 cm³/mol. The van der Waals surface area contributed by atoms with E-state index in [1.54, 1.807) is 44.7 Å². The van der Waals surface area contributed by atoms with Crippen molar-refractivity contribution in [2.24, 2.45) is 0 Å². The lowest BCUT2D eigenvalue weighted by atomic mass is 9.92. The van der Waals surface area contributed by atoms with E-state index in [1.807, 2.05) is 26.9 Å². The molecule has 0 fully saturated rings. The lowest BCUT2D eigenvalue weighted by molar-refractivity contribution is 0.356. The van der Waals surface area contributed by atoms with Crippen LogP contribution < -0.4 is 19.7 Å². The Morgan fingerprint density at radius 3 is 2.41 bits per heavy atom.